The smallest absolute Gasteiger partial charge is 0.391 e. The third-order valence-electron chi connectivity index (χ3n) is 5.27. The highest BCUT2D eigenvalue weighted by molar-refractivity contribution is 7.22. The molecule has 1 aliphatic rings. The molecule has 0 saturated carbocycles. The van der Waals surface area contributed by atoms with Crippen LogP contribution in [0.5, 0.6) is 5.75 Å². The highest BCUT2D eigenvalue weighted by atomic mass is 16.5. The topological polar surface area (TPSA) is 70.7 Å². The van der Waals surface area contributed by atoms with Crippen molar-refractivity contribution in [3.05, 3.63) is 48.0 Å². The van der Waals surface area contributed by atoms with Crippen molar-refractivity contribution in [2.45, 2.75) is 27.2 Å². The molecule has 0 unspecified atom stereocenters. The van der Waals surface area contributed by atoms with Gasteiger partial charge in [0.25, 0.3) is 0 Å². The number of likely N-dealkylation sites (N-methyl/N-ethyl adjacent to an activating group) is 1. The van der Waals surface area contributed by atoms with Gasteiger partial charge in [0.15, 0.2) is 11.6 Å². The van der Waals surface area contributed by atoms with Crippen molar-refractivity contribution in [3.8, 4) is 5.75 Å². The second-order valence-corrected chi connectivity index (χ2v) is 7.04. The molecule has 2 N–H and O–H groups in total. The normalized spacial score (nSPS) is 12.7. The predicted molar refractivity (Wildman–Crippen MR) is 119 cm³/mol. The fourth-order valence-corrected chi connectivity index (χ4v) is 3.61. The summed E-state index contributed by atoms with van der Waals surface area (Å²) in [4.78, 5) is 27.9. The summed E-state index contributed by atoms with van der Waals surface area (Å²) in [5.41, 5.74) is 3.14. The SMILES string of the molecule is CCOc1ccccc1NC(=O)B1C(=O)Nc2ccc(CCN(CC)CC)cc21. The first-order valence-corrected chi connectivity index (χ1v) is 10.3. The number of rotatable bonds is 9. The van der Waals surface area contributed by atoms with Crippen LogP contribution in [-0.4, -0.2) is 49.5 Å². The van der Waals surface area contributed by atoms with E-state index in [1.807, 2.05) is 37.3 Å². The second kappa shape index (κ2) is 9.61. The number of carbonyl (C=O) groups excluding carboxylic acids is 2. The number of anilines is 2. The average Bonchev–Trinajstić information content (AvgIpc) is 3.05. The van der Waals surface area contributed by atoms with Crippen LogP contribution in [0.25, 0.3) is 0 Å². The van der Waals surface area contributed by atoms with Crippen molar-refractivity contribution < 1.29 is 14.3 Å². The molecule has 1 heterocycles. The fourth-order valence-electron chi connectivity index (χ4n) is 3.61. The maximum Gasteiger partial charge on any atom is 0.391 e. The Bertz CT molecular complexity index is 883. The van der Waals surface area contributed by atoms with Crippen LogP contribution in [0.3, 0.4) is 0 Å². The first kappa shape index (κ1) is 20.9. The van der Waals surface area contributed by atoms with Crippen LogP contribution in [0, 0.1) is 0 Å². The zero-order valence-corrected chi connectivity index (χ0v) is 17.3. The van der Waals surface area contributed by atoms with E-state index in [0.717, 1.165) is 37.1 Å². The van der Waals surface area contributed by atoms with Gasteiger partial charge in [-0.3, -0.25) is 9.59 Å². The van der Waals surface area contributed by atoms with Gasteiger partial charge in [0, 0.05) is 12.2 Å². The quantitative estimate of drug-likeness (QED) is 0.639. The Morgan fingerprint density at radius 1 is 1.14 bits per heavy atom. The summed E-state index contributed by atoms with van der Waals surface area (Å²) in [6, 6.07) is 13.1. The van der Waals surface area contributed by atoms with Gasteiger partial charge in [0.1, 0.15) is 5.75 Å². The standard InChI is InChI=1S/C22H28BN3O3/c1-4-26(5-2)14-13-16-11-12-18-17(15-16)23(21(27)24-18)22(28)25-19-9-7-8-10-20(19)29-6-3/h7-12,15H,4-6,13-14H2,1-3H3,(H,24,27)(H,25,28). The number of hydrogen-bond donors (Lipinski definition) is 2. The number of amides is 2. The number of nitrogens with one attached hydrogen (secondary N) is 2. The molecule has 2 amide bonds. The van der Waals surface area contributed by atoms with E-state index in [9.17, 15) is 9.59 Å². The van der Waals surface area contributed by atoms with Crippen molar-refractivity contribution in [2.24, 2.45) is 0 Å². The summed E-state index contributed by atoms with van der Waals surface area (Å²) in [5, 5.41) is 5.69. The van der Waals surface area contributed by atoms with Crippen LogP contribution in [0.4, 0.5) is 21.0 Å². The molecule has 0 fully saturated rings. The van der Waals surface area contributed by atoms with Crippen LogP contribution >= 0.6 is 0 Å². The summed E-state index contributed by atoms with van der Waals surface area (Å²) < 4.78 is 5.57. The molecule has 0 aromatic heterocycles. The molecule has 7 heteroatoms. The minimum Gasteiger partial charge on any atom is -0.492 e. The summed E-state index contributed by atoms with van der Waals surface area (Å²) in [6.45, 7) is 8.77. The van der Waals surface area contributed by atoms with Gasteiger partial charge < -0.3 is 20.3 Å². The molecule has 2 aromatic carbocycles. The maximum atomic E-state index is 13.0. The van der Waals surface area contributed by atoms with Crippen LogP contribution in [-0.2, 0) is 6.42 Å². The number of hydrogen-bond acceptors (Lipinski definition) is 4. The minimum atomic E-state index is -0.868. The zero-order chi connectivity index (χ0) is 20.8. The minimum absolute atomic E-state index is 0.299. The van der Waals surface area contributed by atoms with Crippen LogP contribution in [0.1, 0.15) is 26.3 Å². The number of benzene rings is 2. The number of nitrogens with zero attached hydrogens (tertiary/aromatic N) is 1. The van der Waals surface area contributed by atoms with Gasteiger partial charge in [-0.1, -0.05) is 38.1 Å². The zero-order valence-electron chi connectivity index (χ0n) is 17.3. The average molecular weight is 393 g/mol. The van der Waals surface area contributed by atoms with Crippen molar-refractivity contribution in [1.29, 1.82) is 0 Å². The van der Waals surface area contributed by atoms with Crippen molar-refractivity contribution >= 4 is 35.2 Å². The van der Waals surface area contributed by atoms with Gasteiger partial charge in [0.2, 0.25) is 0 Å². The summed E-state index contributed by atoms with van der Waals surface area (Å²) in [5.74, 6) is -0.0588. The second-order valence-electron chi connectivity index (χ2n) is 7.04. The number of ether oxygens (including phenoxy) is 1. The molecule has 3 rings (SSSR count). The van der Waals surface area contributed by atoms with E-state index < -0.39 is 6.71 Å². The summed E-state index contributed by atoms with van der Waals surface area (Å²) >= 11 is 0. The first-order chi connectivity index (χ1) is 14.1. The molecule has 152 valence electrons. The Labute approximate surface area is 172 Å². The molecule has 29 heavy (non-hydrogen) atoms. The van der Waals surface area contributed by atoms with Crippen molar-refractivity contribution in [3.63, 3.8) is 0 Å². The molecule has 0 spiro atoms. The van der Waals surface area contributed by atoms with E-state index in [4.69, 9.17) is 4.74 Å². The lowest BCUT2D eigenvalue weighted by Gasteiger charge is -2.18. The third kappa shape index (κ3) is 4.79. The summed E-state index contributed by atoms with van der Waals surface area (Å²) in [7, 11) is 0. The molecule has 6 nitrogen and oxygen atoms in total. The van der Waals surface area contributed by atoms with Gasteiger partial charge in [-0.15, -0.1) is 0 Å². The van der Waals surface area contributed by atoms with Gasteiger partial charge >= 0.3 is 6.71 Å². The number of carbonyl (C=O) groups is 2. The van der Waals surface area contributed by atoms with Crippen LogP contribution < -0.4 is 20.8 Å². The van der Waals surface area contributed by atoms with Gasteiger partial charge in [-0.2, -0.15) is 0 Å². The van der Waals surface area contributed by atoms with E-state index in [1.54, 1.807) is 12.1 Å². The molecule has 0 radical (unpaired) electrons. The molecule has 0 atom stereocenters. The lowest BCUT2D eigenvalue weighted by Crippen LogP contribution is -2.45. The Kier molecular flexibility index (Phi) is 6.93. The van der Waals surface area contributed by atoms with Gasteiger partial charge in [-0.25, -0.2) is 0 Å². The third-order valence-corrected chi connectivity index (χ3v) is 5.27. The predicted octanol–water partition coefficient (Wildman–Crippen LogP) is 3.61. The Morgan fingerprint density at radius 2 is 1.90 bits per heavy atom. The molecule has 0 aliphatic carbocycles. The van der Waals surface area contributed by atoms with Crippen molar-refractivity contribution in [1.82, 2.24) is 4.90 Å². The molecule has 2 aromatic rings. The maximum absolute atomic E-state index is 13.0. The van der Waals surface area contributed by atoms with Gasteiger partial charge in [0.05, 0.1) is 12.3 Å². The lowest BCUT2D eigenvalue weighted by atomic mass is 9.44. The first-order valence-electron chi connectivity index (χ1n) is 10.3. The van der Waals surface area contributed by atoms with Crippen LogP contribution in [0.15, 0.2) is 42.5 Å². The van der Waals surface area contributed by atoms with Gasteiger partial charge in [-0.05, 0) is 55.7 Å². The molecular formula is C22H28BN3O3. The number of fused-ring (bicyclic) bond motifs is 1. The van der Waals surface area contributed by atoms with E-state index in [0.29, 0.717) is 23.7 Å². The highest BCUT2D eigenvalue weighted by Crippen LogP contribution is 2.25. The molecule has 0 bridgehead atoms. The van der Waals surface area contributed by atoms with Crippen molar-refractivity contribution in [2.75, 3.05) is 36.9 Å². The van der Waals surface area contributed by atoms with E-state index in [2.05, 4.69) is 29.4 Å². The molecule has 1 aliphatic heterocycles. The largest absolute Gasteiger partial charge is 0.492 e. The van der Waals surface area contributed by atoms with E-state index in [-0.39, 0.29) is 11.6 Å². The monoisotopic (exact) mass is 393 g/mol. The van der Waals surface area contributed by atoms with Crippen LogP contribution in [0.2, 0.25) is 0 Å². The Balaban J connectivity index is 1.78. The fraction of sp³-hybridized carbons (Fsp3) is 0.364. The summed E-state index contributed by atoms with van der Waals surface area (Å²) in [6.07, 6.45) is 0.880. The molecular weight excluding hydrogens is 365 g/mol. The highest BCUT2D eigenvalue weighted by Gasteiger charge is 2.42. The Morgan fingerprint density at radius 3 is 2.62 bits per heavy atom. The lowest BCUT2D eigenvalue weighted by molar-refractivity contribution is 0.264. The Hall–Kier alpha value is -2.80. The number of para-hydroxylation sites is 2. The molecule has 0 saturated heterocycles. The van der Waals surface area contributed by atoms with E-state index >= 15 is 0 Å². The van der Waals surface area contributed by atoms with E-state index in [1.165, 1.54) is 0 Å².